The quantitative estimate of drug-likeness (QED) is 0.475. The predicted octanol–water partition coefficient (Wildman–Crippen LogP) is 2.91. The van der Waals surface area contributed by atoms with Gasteiger partial charge in [-0.3, -0.25) is 5.43 Å². The Morgan fingerprint density at radius 2 is 2.08 bits per heavy atom. The average Bonchev–Trinajstić information content (AvgIpc) is 3.12. The molecule has 0 saturated carbocycles. The minimum absolute atomic E-state index is 0.408. The molecule has 0 amide bonds. The Bertz CT molecular complexity index is 742. The molecule has 0 unspecified atom stereocenters. The van der Waals surface area contributed by atoms with E-state index in [4.69, 9.17) is 21.7 Å². The van der Waals surface area contributed by atoms with E-state index in [0.717, 1.165) is 42.6 Å². The zero-order chi connectivity index (χ0) is 17.5. The maximum Gasteiger partial charge on any atom is 0.191 e. The third kappa shape index (κ3) is 4.91. The highest BCUT2D eigenvalue weighted by atomic mass is 32.1. The second-order valence-corrected chi connectivity index (χ2v) is 6.80. The average molecular weight is 377 g/mol. The number of ether oxygens (including phenoxy) is 2. The molecule has 8 heteroatoms. The van der Waals surface area contributed by atoms with E-state index < -0.39 is 0 Å². The number of nitrogens with zero attached hydrogens (tertiary/aromatic N) is 2. The summed E-state index contributed by atoms with van der Waals surface area (Å²) < 4.78 is 10.7. The number of thiophene rings is 1. The van der Waals surface area contributed by atoms with Gasteiger partial charge in [-0.1, -0.05) is 12.1 Å². The van der Waals surface area contributed by atoms with E-state index in [1.807, 2.05) is 24.3 Å². The number of nitrogens with one attached hydrogen (secondary N) is 2. The third-order valence-corrected chi connectivity index (χ3v) is 4.92. The van der Waals surface area contributed by atoms with E-state index in [1.54, 1.807) is 24.7 Å². The molecule has 1 aromatic carbocycles. The summed E-state index contributed by atoms with van der Waals surface area (Å²) >= 11 is 6.95. The summed E-state index contributed by atoms with van der Waals surface area (Å²) in [6.45, 7) is 3.43. The zero-order valence-electron chi connectivity index (χ0n) is 13.9. The summed E-state index contributed by atoms with van der Waals surface area (Å²) in [5.74, 6) is 0.726. The van der Waals surface area contributed by atoms with Crippen molar-refractivity contribution in [2.75, 3.05) is 43.6 Å². The lowest BCUT2D eigenvalue weighted by Gasteiger charge is -2.27. The SMILES string of the molecule is COc1ccccc1NC(=S)NN=Cc1ccc(N2CCOCC2)s1. The number of para-hydroxylation sites is 2. The Morgan fingerprint density at radius 1 is 1.28 bits per heavy atom. The summed E-state index contributed by atoms with van der Waals surface area (Å²) in [5, 5.41) is 8.91. The van der Waals surface area contributed by atoms with Crippen LogP contribution in [-0.2, 0) is 4.74 Å². The highest BCUT2D eigenvalue weighted by Crippen LogP contribution is 2.25. The van der Waals surface area contributed by atoms with Crippen molar-refractivity contribution in [2.24, 2.45) is 5.10 Å². The van der Waals surface area contributed by atoms with Crippen LogP contribution >= 0.6 is 23.6 Å². The molecule has 1 aliphatic heterocycles. The van der Waals surface area contributed by atoms with Gasteiger partial charge in [0.05, 0.1) is 37.2 Å². The molecule has 6 nitrogen and oxygen atoms in total. The first-order chi connectivity index (χ1) is 12.3. The number of hydrogen-bond donors (Lipinski definition) is 2. The Balaban J connectivity index is 1.52. The number of hydrogen-bond acceptors (Lipinski definition) is 6. The predicted molar refractivity (Wildman–Crippen MR) is 107 cm³/mol. The molecular weight excluding hydrogens is 356 g/mol. The molecule has 0 aliphatic carbocycles. The first kappa shape index (κ1) is 17.7. The first-order valence-corrected chi connectivity index (χ1v) is 9.14. The number of morpholine rings is 1. The summed E-state index contributed by atoms with van der Waals surface area (Å²) in [6, 6.07) is 11.7. The first-order valence-electron chi connectivity index (χ1n) is 7.92. The second kappa shape index (κ2) is 8.80. The van der Waals surface area contributed by atoms with Crippen LogP contribution in [0.3, 0.4) is 0 Å². The Kier molecular flexibility index (Phi) is 6.21. The maximum atomic E-state index is 5.38. The zero-order valence-corrected chi connectivity index (χ0v) is 15.5. The Labute approximate surface area is 156 Å². The smallest absolute Gasteiger partial charge is 0.191 e. The van der Waals surface area contributed by atoms with E-state index in [0.29, 0.717) is 5.11 Å². The molecule has 1 saturated heterocycles. The summed E-state index contributed by atoms with van der Waals surface area (Å²) in [7, 11) is 1.62. The van der Waals surface area contributed by atoms with Crippen LogP contribution in [0.2, 0.25) is 0 Å². The van der Waals surface area contributed by atoms with Crippen LogP contribution in [0.25, 0.3) is 0 Å². The van der Waals surface area contributed by atoms with Crippen LogP contribution in [0, 0.1) is 0 Å². The fourth-order valence-electron chi connectivity index (χ4n) is 2.42. The fourth-order valence-corrected chi connectivity index (χ4v) is 3.51. The van der Waals surface area contributed by atoms with Crippen molar-refractivity contribution in [1.29, 1.82) is 0 Å². The molecule has 132 valence electrons. The van der Waals surface area contributed by atoms with Crippen molar-refractivity contribution in [3.8, 4) is 5.75 Å². The molecule has 0 bridgehead atoms. The van der Waals surface area contributed by atoms with Crippen molar-refractivity contribution in [3.05, 3.63) is 41.3 Å². The normalized spacial score (nSPS) is 14.5. The monoisotopic (exact) mass is 376 g/mol. The van der Waals surface area contributed by atoms with Gasteiger partial charge in [-0.15, -0.1) is 11.3 Å². The minimum Gasteiger partial charge on any atom is -0.495 e. The number of anilines is 2. The molecule has 0 atom stereocenters. The Morgan fingerprint density at radius 3 is 2.88 bits per heavy atom. The molecule has 0 radical (unpaired) electrons. The van der Waals surface area contributed by atoms with E-state index in [1.165, 1.54) is 5.00 Å². The molecule has 2 aromatic rings. The lowest BCUT2D eigenvalue weighted by atomic mass is 10.3. The van der Waals surface area contributed by atoms with Crippen LogP contribution in [0.1, 0.15) is 4.88 Å². The van der Waals surface area contributed by atoms with Crippen LogP contribution in [0.15, 0.2) is 41.5 Å². The van der Waals surface area contributed by atoms with Crippen LogP contribution < -0.4 is 20.4 Å². The van der Waals surface area contributed by atoms with E-state index in [9.17, 15) is 0 Å². The highest BCUT2D eigenvalue weighted by molar-refractivity contribution is 7.80. The lowest BCUT2D eigenvalue weighted by molar-refractivity contribution is 0.123. The minimum atomic E-state index is 0.408. The van der Waals surface area contributed by atoms with Gasteiger partial charge in [0, 0.05) is 18.0 Å². The summed E-state index contributed by atoms with van der Waals surface area (Å²) in [6.07, 6.45) is 1.77. The molecule has 0 spiro atoms. The van der Waals surface area contributed by atoms with Gasteiger partial charge >= 0.3 is 0 Å². The van der Waals surface area contributed by atoms with Crippen LogP contribution in [-0.4, -0.2) is 44.7 Å². The van der Waals surface area contributed by atoms with Gasteiger partial charge < -0.3 is 19.7 Å². The topological polar surface area (TPSA) is 58.1 Å². The van der Waals surface area contributed by atoms with E-state index in [-0.39, 0.29) is 0 Å². The van der Waals surface area contributed by atoms with Gasteiger partial charge in [0.1, 0.15) is 5.75 Å². The van der Waals surface area contributed by atoms with Gasteiger partial charge in [0.15, 0.2) is 5.11 Å². The number of rotatable bonds is 5. The fraction of sp³-hybridized carbons (Fsp3) is 0.294. The van der Waals surface area contributed by atoms with E-state index in [2.05, 4.69) is 32.9 Å². The summed E-state index contributed by atoms with van der Waals surface area (Å²) in [4.78, 5) is 3.39. The van der Waals surface area contributed by atoms with Crippen LogP contribution in [0.5, 0.6) is 5.75 Å². The third-order valence-electron chi connectivity index (χ3n) is 3.65. The maximum absolute atomic E-state index is 5.38. The van der Waals surface area contributed by atoms with Gasteiger partial charge in [-0.05, 0) is 36.5 Å². The molecule has 25 heavy (non-hydrogen) atoms. The Hall–Kier alpha value is -2.16. The van der Waals surface area contributed by atoms with Crippen molar-refractivity contribution < 1.29 is 9.47 Å². The lowest BCUT2D eigenvalue weighted by Crippen LogP contribution is -2.35. The highest BCUT2D eigenvalue weighted by Gasteiger charge is 2.12. The second-order valence-electron chi connectivity index (χ2n) is 5.30. The van der Waals surface area contributed by atoms with Crippen molar-refractivity contribution in [1.82, 2.24) is 5.43 Å². The molecule has 1 aromatic heterocycles. The van der Waals surface area contributed by atoms with Crippen molar-refractivity contribution in [2.45, 2.75) is 0 Å². The molecule has 1 aliphatic rings. The molecule has 1 fully saturated rings. The number of methoxy groups -OCH3 is 1. The van der Waals surface area contributed by atoms with Gasteiger partial charge in [-0.2, -0.15) is 5.10 Å². The largest absolute Gasteiger partial charge is 0.495 e. The molecule has 2 N–H and O–H groups in total. The van der Waals surface area contributed by atoms with Gasteiger partial charge in [0.25, 0.3) is 0 Å². The number of hydrazone groups is 1. The summed E-state index contributed by atoms with van der Waals surface area (Å²) in [5.41, 5.74) is 3.62. The molecule has 3 rings (SSSR count). The number of thiocarbonyl (C=S) groups is 1. The van der Waals surface area contributed by atoms with E-state index >= 15 is 0 Å². The van der Waals surface area contributed by atoms with Gasteiger partial charge in [0.2, 0.25) is 0 Å². The molecule has 2 heterocycles. The van der Waals surface area contributed by atoms with Gasteiger partial charge in [-0.25, -0.2) is 0 Å². The van der Waals surface area contributed by atoms with Crippen LogP contribution in [0.4, 0.5) is 10.7 Å². The van der Waals surface area contributed by atoms with Crippen molar-refractivity contribution >= 4 is 45.6 Å². The van der Waals surface area contributed by atoms with Crippen molar-refractivity contribution in [3.63, 3.8) is 0 Å². The standard InChI is InChI=1S/C17H20N4O2S2/c1-22-15-5-3-2-4-14(15)19-17(24)20-18-12-13-6-7-16(25-13)21-8-10-23-11-9-21/h2-7,12H,8-11H2,1H3,(H2,19,20,24). The molecular formula is C17H20N4O2S2. The number of benzene rings is 1.